The number of aliphatic hydroxyl groups excluding tert-OH is 1. The number of ether oxygens (including phenoxy) is 1. The second-order valence-corrected chi connectivity index (χ2v) is 4.03. The summed E-state index contributed by atoms with van der Waals surface area (Å²) in [5.41, 5.74) is -5.77. The first-order valence-corrected chi connectivity index (χ1v) is 5.05. The SMILES string of the molecule is C=C(C)C(=O)OCC(O)CC(F)(C(F)(F)F)C(F)(F)F. The summed E-state index contributed by atoms with van der Waals surface area (Å²) in [7, 11) is 0. The number of alkyl halides is 7. The van der Waals surface area contributed by atoms with Gasteiger partial charge in [0, 0.05) is 12.0 Å². The Bertz CT molecular complexity index is 358. The third-order valence-electron chi connectivity index (χ3n) is 2.17. The molecule has 0 saturated heterocycles. The molecule has 0 aliphatic carbocycles. The molecule has 0 amide bonds. The summed E-state index contributed by atoms with van der Waals surface area (Å²) in [6.45, 7) is 3.04. The minimum atomic E-state index is -6.26. The van der Waals surface area contributed by atoms with E-state index in [0.717, 1.165) is 0 Å². The van der Waals surface area contributed by atoms with Gasteiger partial charge in [0.25, 0.3) is 0 Å². The molecule has 3 nitrogen and oxygen atoms in total. The average Bonchev–Trinajstić information content (AvgIpc) is 2.22. The second-order valence-electron chi connectivity index (χ2n) is 4.03. The predicted octanol–water partition coefficient (Wildman–Crippen LogP) is 2.69. The Morgan fingerprint density at radius 3 is 1.85 bits per heavy atom. The molecule has 0 aromatic rings. The van der Waals surface area contributed by atoms with Crippen molar-refractivity contribution in [1.82, 2.24) is 0 Å². The molecular weight excluding hydrogens is 301 g/mol. The maximum Gasteiger partial charge on any atom is 0.431 e. The second kappa shape index (κ2) is 5.98. The van der Waals surface area contributed by atoms with Gasteiger partial charge in [-0.3, -0.25) is 0 Å². The lowest BCUT2D eigenvalue weighted by Gasteiger charge is -2.31. The fourth-order valence-electron chi connectivity index (χ4n) is 1.07. The van der Waals surface area contributed by atoms with E-state index in [0.29, 0.717) is 0 Å². The summed E-state index contributed by atoms with van der Waals surface area (Å²) in [5, 5.41) is 9.00. The van der Waals surface area contributed by atoms with Crippen LogP contribution in [0.2, 0.25) is 0 Å². The Morgan fingerprint density at radius 2 is 1.55 bits per heavy atom. The van der Waals surface area contributed by atoms with Gasteiger partial charge in [0.2, 0.25) is 0 Å². The molecule has 0 aliphatic rings. The molecule has 10 heteroatoms. The summed E-state index contributed by atoms with van der Waals surface area (Å²) in [6.07, 6.45) is -17.3. The summed E-state index contributed by atoms with van der Waals surface area (Å²) in [4.78, 5) is 10.8. The topological polar surface area (TPSA) is 46.5 Å². The van der Waals surface area contributed by atoms with E-state index in [9.17, 15) is 35.5 Å². The molecule has 0 rings (SSSR count). The van der Waals surface area contributed by atoms with E-state index in [-0.39, 0.29) is 5.57 Å². The summed E-state index contributed by atoms with van der Waals surface area (Å²) in [6, 6.07) is 0. The maximum atomic E-state index is 13.2. The number of aliphatic hydroxyl groups is 1. The molecule has 0 heterocycles. The highest BCUT2D eigenvalue weighted by Crippen LogP contribution is 2.48. The minimum absolute atomic E-state index is 0.185. The monoisotopic (exact) mass is 312 g/mol. The van der Waals surface area contributed by atoms with Crippen LogP contribution < -0.4 is 0 Å². The van der Waals surface area contributed by atoms with Crippen LogP contribution in [0.15, 0.2) is 12.2 Å². The van der Waals surface area contributed by atoms with Crippen molar-refractivity contribution in [2.24, 2.45) is 0 Å². The Labute approximate surface area is 109 Å². The lowest BCUT2D eigenvalue weighted by atomic mass is 9.97. The van der Waals surface area contributed by atoms with Crippen LogP contribution in [0.25, 0.3) is 0 Å². The van der Waals surface area contributed by atoms with Crippen molar-refractivity contribution in [1.29, 1.82) is 0 Å². The molecule has 118 valence electrons. The van der Waals surface area contributed by atoms with Crippen molar-refractivity contribution >= 4 is 5.97 Å². The van der Waals surface area contributed by atoms with Gasteiger partial charge in [-0.15, -0.1) is 0 Å². The Kier molecular flexibility index (Phi) is 5.59. The van der Waals surface area contributed by atoms with E-state index in [1.165, 1.54) is 6.92 Å². The largest absolute Gasteiger partial charge is 0.460 e. The van der Waals surface area contributed by atoms with Crippen molar-refractivity contribution in [3.8, 4) is 0 Å². The van der Waals surface area contributed by atoms with Crippen LogP contribution in [0.5, 0.6) is 0 Å². The molecule has 0 spiro atoms. The van der Waals surface area contributed by atoms with E-state index >= 15 is 0 Å². The van der Waals surface area contributed by atoms with E-state index in [1.54, 1.807) is 0 Å². The minimum Gasteiger partial charge on any atom is -0.460 e. The van der Waals surface area contributed by atoms with Crippen LogP contribution in [0, 0.1) is 0 Å². The van der Waals surface area contributed by atoms with Gasteiger partial charge in [-0.1, -0.05) is 6.58 Å². The summed E-state index contributed by atoms with van der Waals surface area (Å²) >= 11 is 0. The lowest BCUT2D eigenvalue weighted by Crippen LogP contribution is -2.55. The molecule has 0 fully saturated rings. The summed E-state index contributed by atoms with van der Waals surface area (Å²) in [5.74, 6) is -1.13. The van der Waals surface area contributed by atoms with Gasteiger partial charge in [0.15, 0.2) is 0 Å². The number of esters is 1. The number of hydrogen-bond donors (Lipinski definition) is 1. The van der Waals surface area contributed by atoms with Crippen molar-refractivity contribution in [2.45, 2.75) is 37.5 Å². The van der Waals surface area contributed by atoms with E-state index in [4.69, 9.17) is 5.11 Å². The van der Waals surface area contributed by atoms with Crippen molar-refractivity contribution in [2.75, 3.05) is 6.61 Å². The zero-order chi connectivity index (χ0) is 16.4. The standard InChI is InChI=1S/C10H11F7O3/c1-5(2)7(19)20-4-6(18)3-8(11,9(12,13)14)10(15,16)17/h6,18H,1,3-4H2,2H3. The highest BCUT2D eigenvalue weighted by molar-refractivity contribution is 5.86. The zero-order valence-electron chi connectivity index (χ0n) is 10.1. The zero-order valence-corrected chi connectivity index (χ0v) is 10.1. The average molecular weight is 312 g/mol. The third kappa shape index (κ3) is 4.36. The highest BCUT2D eigenvalue weighted by Gasteiger charge is 2.72. The Morgan fingerprint density at radius 1 is 1.15 bits per heavy atom. The highest BCUT2D eigenvalue weighted by atomic mass is 19.4. The number of hydrogen-bond acceptors (Lipinski definition) is 3. The van der Waals surface area contributed by atoms with Crippen LogP contribution >= 0.6 is 0 Å². The molecule has 0 bridgehead atoms. The Hall–Kier alpha value is -1.32. The van der Waals surface area contributed by atoms with Crippen LogP contribution in [0.3, 0.4) is 0 Å². The van der Waals surface area contributed by atoms with Gasteiger partial charge in [0.05, 0.1) is 6.10 Å². The maximum absolute atomic E-state index is 13.2. The molecule has 0 saturated carbocycles. The molecule has 0 aliphatic heterocycles. The molecule has 1 atom stereocenters. The van der Waals surface area contributed by atoms with Crippen molar-refractivity contribution in [3.63, 3.8) is 0 Å². The number of carbonyl (C=O) groups excluding carboxylic acids is 1. The van der Waals surface area contributed by atoms with Crippen molar-refractivity contribution in [3.05, 3.63) is 12.2 Å². The quantitative estimate of drug-likeness (QED) is 0.482. The van der Waals surface area contributed by atoms with Gasteiger partial charge >= 0.3 is 24.0 Å². The van der Waals surface area contributed by atoms with Gasteiger partial charge in [-0.05, 0) is 6.92 Å². The predicted molar refractivity (Wildman–Crippen MR) is 52.3 cm³/mol. The molecule has 0 aromatic carbocycles. The first kappa shape index (κ1) is 18.7. The van der Waals surface area contributed by atoms with Gasteiger partial charge in [0.1, 0.15) is 6.61 Å². The fraction of sp³-hybridized carbons (Fsp3) is 0.700. The first-order chi connectivity index (χ1) is 8.72. The van der Waals surface area contributed by atoms with Crippen LogP contribution in [0.4, 0.5) is 30.7 Å². The first-order valence-electron chi connectivity index (χ1n) is 5.05. The molecule has 0 aromatic heterocycles. The Balaban J connectivity index is 4.87. The molecule has 1 unspecified atom stereocenters. The normalized spacial score (nSPS) is 14.8. The number of halogens is 7. The molecular formula is C10H11F7O3. The van der Waals surface area contributed by atoms with E-state index in [2.05, 4.69) is 11.3 Å². The lowest BCUT2D eigenvalue weighted by molar-refractivity contribution is -0.347. The third-order valence-corrected chi connectivity index (χ3v) is 2.17. The van der Waals surface area contributed by atoms with Crippen LogP contribution in [-0.4, -0.2) is 41.8 Å². The number of carbonyl (C=O) groups is 1. The van der Waals surface area contributed by atoms with E-state index in [1.807, 2.05) is 0 Å². The van der Waals surface area contributed by atoms with Gasteiger partial charge in [-0.2, -0.15) is 26.3 Å². The molecule has 20 heavy (non-hydrogen) atoms. The smallest absolute Gasteiger partial charge is 0.431 e. The van der Waals surface area contributed by atoms with Gasteiger partial charge in [-0.25, -0.2) is 9.18 Å². The fourth-order valence-corrected chi connectivity index (χ4v) is 1.07. The van der Waals surface area contributed by atoms with Crippen LogP contribution in [-0.2, 0) is 9.53 Å². The molecule has 1 N–H and O–H groups in total. The molecule has 0 radical (unpaired) electrons. The summed E-state index contributed by atoms with van der Waals surface area (Å²) < 4.78 is 90.3. The van der Waals surface area contributed by atoms with Crippen molar-refractivity contribution < 1.29 is 45.4 Å². The number of rotatable bonds is 5. The van der Waals surface area contributed by atoms with E-state index < -0.39 is 43.1 Å². The van der Waals surface area contributed by atoms with Crippen LogP contribution in [0.1, 0.15) is 13.3 Å². The van der Waals surface area contributed by atoms with Gasteiger partial charge < -0.3 is 9.84 Å².